The third-order valence-electron chi connectivity index (χ3n) is 3.02. The first-order valence-corrected chi connectivity index (χ1v) is 11.8. The van der Waals surface area contributed by atoms with Crippen molar-refractivity contribution in [1.82, 2.24) is 0 Å². The number of benzene rings is 2. The Labute approximate surface area is 138 Å². The molecule has 22 heavy (non-hydrogen) atoms. The molecule has 2 aromatic carbocycles. The van der Waals surface area contributed by atoms with Gasteiger partial charge in [0.1, 0.15) is 14.2 Å². The highest BCUT2D eigenvalue weighted by atomic mass is 32.2. The van der Waals surface area contributed by atoms with Crippen molar-refractivity contribution in [2.45, 2.75) is 35.9 Å². The summed E-state index contributed by atoms with van der Waals surface area (Å²) in [4.78, 5) is 1.13. The predicted molar refractivity (Wildman–Crippen MR) is 98.6 cm³/mol. The van der Waals surface area contributed by atoms with Gasteiger partial charge in [-0.25, -0.2) is 0 Å². The predicted octanol–water partition coefficient (Wildman–Crippen LogP) is 4.76. The van der Waals surface area contributed by atoms with Crippen LogP contribution in [0.3, 0.4) is 0 Å². The Bertz CT molecular complexity index is 638. The van der Waals surface area contributed by atoms with Crippen molar-refractivity contribution in [1.29, 1.82) is 0 Å². The molecule has 0 heterocycles. The van der Waals surface area contributed by atoms with Gasteiger partial charge in [-0.1, -0.05) is 74.1 Å². The Morgan fingerprint density at radius 3 is 2.00 bits per heavy atom. The third kappa shape index (κ3) is 5.38. The number of hydrogen-bond acceptors (Lipinski definition) is 2. The number of aliphatic hydroxyl groups excluding tert-OH is 1. The van der Waals surface area contributed by atoms with Gasteiger partial charge in [-0.2, -0.15) is 0 Å². The molecule has 0 aliphatic rings. The molecule has 0 bridgehead atoms. The number of thioether (sulfide) groups is 1. The van der Waals surface area contributed by atoms with Gasteiger partial charge in [0.2, 0.25) is 0 Å². The fourth-order valence-corrected chi connectivity index (χ4v) is 3.64. The second-order valence-corrected chi connectivity index (χ2v) is 12.2. The summed E-state index contributed by atoms with van der Waals surface area (Å²) in [6.45, 7) is 6.66. The van der Waals surface area contributed by atoms with E-state index in [0.29, 0.717) is 0 Å². The molecule has 3 heteroatoms. The normalized spacial score (nSPS) is 13.8. The van der Waals surface area contributed by atoms with Crippen LogP contribution in [0.4, 0.5) is 0 Å². The fraction of sp³-hybridized carbons (Fsp3) is 0.263. The summed E-state index contributed by atoms with van der Waals surface area (Å²) >= 11 is 1.63. The van der Waals surface area contributed by atoms with Crippen LogP contribution in [0.1, 0.15) is 11.7 Å². The maximum absolute atomic E-state index is 10.7. The molecule has 0 unspecified atom stereocenters. The summed E-state index contributed by atoms with van der Waals surface area (Å²) in [6.07, 6.45) is -0.588. The monoisotopic (exact) mass is 326 g/mol. The fourth-order valence-electron chi connectivity index (χ4n) is 1.93. The molecular weight excluding hydrogens is 304 g/mol. The van der Waals surface area contributed by atoms with E-state index in [1.165, 1.54) is 0 Å². The van der Waals surface area contributed by atoms with Crippen LogP contribution in [0.5, 0.6) is 0 Å². The molecule has 0 saturated carbocycles. The first-order chi connectivity index (χ1) is 10.5. The van der Waals surface area contributed by atoms with E-state index >= 15 is 0 Å². The molecule has 0 fully saturated rings. The highest BCUT2D eigenvalue weighted by molar-refractivity contribution is 8.00. The van der Waals surface area contributed by atoms with E-state index in [1.807, 2.05) is 48.5 Å². The van der Waals surface area contributed by atoms with Crippen LogP contribution in [0, 0.1) is 11.5 Å². The zero-order chi connectivity index (χ0) is 16.0. The molecule has 114 valence electrons. The van der Waals surface area contributed by atoms with Gasteiger partial charge in [-0.05, 0) is 17.7 Å². The first-order valence-electron chi connectivity index (χ1n) is 7.43. The molecule has 2 aromatic rings. The second-order valence-electron chi connectivity index (χ2n) is 6.23. The molecule has 0 amide bonds. The van der Waals surface area contributed by atoms with Crippen LogP contribution in [-0.4, -0.2) is 18.4 Å². The Morgan fingerprint density at radius 1 is 0.909 bits per heavy atom. The van der Waals surface area contributed by atoms with E-state index in [1.54, 1.807) is 11.8 Å². The van der Waals surface area contributed by atoms with Gasteiger partial charge >= 0.3 is 0 Å². The van der Waals surface area contributed by atoms with Crippen LogP contribution in [-0.2, 0) is 0 Å². The minimum atomic E-state index is -1.47. The average molecular weight is 327 g/mol. The SMILES string of the molecule is C[Si](C)(C)C#C[C@@H](Sc1ccccc1)[C@@H](O)c1ccccc1. The van der Waals surface area contributed by atoms with Crippen molar-refractivity contribution >= 4 is 19.8 Å². The molecular formula is C19H22OSSi. The lowest BCUT2D eigenvalue weighted by Crippen LogP contribution is -2.19. The lowest BCUT2D eigenvalue weighted by atomic mass is 10.1. The van der Waals surface area contributed by atoms with Gasteiger partial charge < -0.3 is 5.11 Å². The minimum absolute atomic E-state index is 0.156. The van der Waals surface area contributed by atoms with E-state index in [4.69, 9.17) is 0 Å². The van der Waals surface area contributed by atoms with Crippen molar-refractivity contribution < 1.29 is 5.11 Å². The summed E-state index contributed by atoms with van der Waals surface area (Å²) in [6, 6.07) is 19.9. The molecule has 0 spiro atoms. The van der Waals surface area contributed by atoms with Crippen LogP contribution in [0.15, 0.2) is 65.6 Å². The molecule has 0 aliphatic carbocycles. The molecule has 0 saturated heterocycles. The van der Waals surface area contributed by atoms with Crippen molar-refractivity contribution in [2.24, 2.45) is 0 Å². The van der Waals surface area contributed by atoms with E-state index in [2.05, 4.69) is 43.2 Å². The second kappa shape index (κ2) is 7.69. The van der Waals surface area contributed by atoms with Gasteiger partial charge in [0, 0.05) is 4.90 Å². The van der Waals surface area contributed by atoms with Crippen LogP contribution in [0.25, 0.3) is 0 Å². The topological polar surface area (TPSA) is 20.2 Å². The van der Waals surface area contributed by atoms with Crippen molar-refractivity contribution in [2.75, 3.05) is 0 Å². The Morgan fingerprint density at radius 2 is 1.45 bits per heavy atom. The zero-order valence-electron chi connectivity index (χ0n) is 13.3. The summed E-state index contributed by atoms with van der Waals surface area (Å²) in [5.41, 5.74) is 4.32. The van der Waals surface area contributed by atoms with Gasteiger partial charge in [0.15, 0.2) is 0 Å². The maximum Gasteiger partial charge on any atom is 0.129 e. The summed E-state index contributed by atoms with van der Waals surface area (Å²) in [5.74, 6) is 3.33. The zero-order valence-corrected chi connectivity index (χ0v) is 15.1. The van der Waals surface area contributed by atoms with Gasteiger partial charge in [0.05, 0.1) is 5.25 Å². The molecule has 1 nitrogen and oxygen atoms in total. The first kappa shape index (κ1) is 16.9. The summed E-state index contributed by atoms with van der Waals surface area (Å²) in [5, 5.41) is 10.6. The number of rotatable bonds is 4. The van der Waals surface area contributed by atoms with E-state index in [9.17, 15) is 5.11 Å². The van der Waals surface area contributed by atoms with Crippen molar-refractivity contribution in [3.8, 4) is 11.5 Å². The standard InChI is InChI=1S/C19H22OSSi/c1-22(2,3)15-14-18(21-17-12-8-5-9-13-17)19(20)16-10-6-4-7-11-16/h4-13,18-20H,1-3H3/t18-,19+/m1/s1. The van der Waals surface area contributed by atoms with Gasteiger partial charge in [-0.3, -0.25) is 0 Å². The maximum atomic E-state index is 10.7. The van der Waals surface area contributed by atoms with Crippen LogP contribution < -0.4 is 0 Å². The summed E-state index contributed by atoms with van der Waals surface area (Å²) in [7, 11) is -1.47. The van der Waals surface area contributed by atoms with Gasteiger partial charge in [0.25, 0.3) is 0 Å². The smallest absolute Gasteiger partial charge is 0.129 e. The molecule has 1 N–H and O–H groups in total. The lowest BCUT2D eigenvalue weighted by Gasteiger charge is -2.19. The van der Waals surface area contributed by atoms with Crippen molar-refractivity contribution in [3.05, 3.63) is 66.2 Å². The molecule has 2 atom stereocenters. The Balaban J connectivity index is 2.26. The quantitative estimate of drug-likeness (QED) is 0.496. The average Bonchev–Trinajstić information content (AvgIpc) is 2.52. The molecule has 0 radical (unpaired) electrons. The highest BCUT2D eigenvalue weighted by Crippen LogP contribution is 2.31. The summed E-state index contributed by atoms with van der Waals surface area (Å²) < 4.78 is 0. The lowest BCUT2D eigenvalue weighted by molar-refractivity contribution is 0.189. The number of aliphatic hydroxyl groups is 1. The van der Waals surface area contributed by atoms with E-state index in [0.717, 1.165) is 10.5 Å². The third-order valence-corrected chi connectivity index (χ3v) is 5.09. The Hall–Kier alpha value is -1.47. The molecule has 0 aromatic heterocycles. The van der Waals surface area contributed by atoms with Crippen LogP contribution >= 0.6 is 11.8 Å². The van der Waals surface area contributed by atoms with Crippen molar-refractivity contribution in [3.63, 3.8) is 0 Å². The van der Waals surface area contributed by atoms with Crippen LogP contribution in [0.2, 0.25) is 19.6 Å². The molecule has 2 rings (SSSR count). The Kier molecular flexibility index (Phi) is 5.90. The molecule has 0 aliphatic heterocycles. The van der Waals surface area contributed by atoms with E-state index in [-0.39, 0.29) is 5.25 Å². The largest absolute Gasteiger partial charge is 0.386 e. The van der Waals surface area contributed by atoms with Gasteiger partial charge in [-0.15, -0.1) is 17.3 Å². The highest BCUT2D eigenvalue weighted by Gasteiger charge is 2.21. The minimum Gasteiger partial charge on any atom is -0.386 e. The number of hydrogen-bond donors (Lipinski definition) is 1. The van der Waals surface area contributed by atoms with E-state index < -0.39 is 14.2 Å².